The number of benzene rings is 1. The Morgan fingerprint density at radius 1 is 1.30 bits per heavy atom. The fraction of sp³-hybridized carbons (Fsp3) is 0.400. The Balaban J connectivity index is 1.61. The van der Waals surface area contributed by atoms with E-state index in [1.54, 1.807) is 29.4 Å². The molecule has 1 aliphatic heterocycles. The van der Waals surface area contributed by atoms with Gasteiger partial charge in [0, 0.05) is 34.6 Å². The maximum Gasteiger partial charge on any atom is 0.254 e. The number of nitrogens with one attached hydrogen (secondary N) is 1. The van der Waals surface area contributed by atoms with E-state index in [1.807, 2.05) is 19.1 Å². The first-order valence-corrected chi connectivity index (χ1v) is 9.79. The van der Waals surface area contributed by atoms with Crippen LogP contribution in [0.15, 0.2) is 41.0 Å². The van der Waals surface area contributed by atoms with Crippen molar-refractivity contribution in [3.8, 4) is 0 Å². The molecule has 1 N–H and O–H groups in total. The van der Waals surface area contributed by atoms with E-state index in [4.69, 9.17) is 27.6 Å². The molecule has 1 aromatic heterocycles. The van der Waals surface area contributed by atoms with Gasteiger partial charge in [-0.25, -0.2) is 0 Å². The molecule has 144 valence electrons. The van der Waals surface area contributed by atoms with Crippen molar-refractivity contribution in [1.29, 1.82) is 0 Å². The Hall–Kier alpha value is -1.98. The molecule has 1 aliphatic rings. The van der Waals surface area contributed by atoms with E-state index in [0.29, 0.717) is 28.6 Å². The van der Waals surface area contributed by atoms with Gasteiger partial charge in [-0.05, 0) is 56.5 Å². The normalized spacial score (nSPS) is 17.7. The number of likely N-dealkylation sites (tertiary alicyclic amines) is 1. The minimum atomic E-state index is -0.471. The van der Waals surface area contributed by atoms with Crippen molar-refractivity contribution in [3.63, 3.8) is 0 Å². The SMILES string of the molecule is CC(CCc1ccco1)NC(=O)C1CCCN1C(=O)c1cc(Cl)cc(Cl)c1. The Kier molecular flexibility index (Phi) is 6.45. The van der Waals surface area contributed by atoms with E-state index >= 15 is 0 Å². The molecule has 27 heavy (non-hydrogen) atoms. The largest absolute Gasteiger partial charge is 0.469 e. The predicted octanol–water partition coefficient (Wildman–Crippen LogP) is 4.33. The Labute approximate surface area is 168 Å². The van der Waals surface area contributed by atoms with Gasteiger partial charge in [-0.15, -0.1) is 0 Å². The van der Waals surface area contributed by atoms with Gasteiger partial charge < -0.3 is 14.6 Å². The summed E-state index contributed by atoms with van der Waals surface area (Å²) in [6.45, 7) is 2.50. The topological polar surface area (TPSA) is 62.6 Å². The molecule has 2 atom stereocenters. The van der Waals surface area contributed by atoms with Gasteiger partial charge in [0.25, 0.3) is 5.91 Å². The maximum atomic E-state index is 12.8. The van der Waals surface area contributed by atoms with Gasteiger partial charge in [-0.3, -0.25) is 9.59 Å². The van der Waals surface area contributed by atoms with Crippen LogP contribution in [0.25, 0.3) is 0 Å². The second-order valence-corrected chi connectivity index (χ2v) is 7.72. The highest BCUT2D eigenvalue weighted by atomic mass is 35.5. The summed E-state index contributed by atoms with van der Waals surface area (Å²) in [6.07, 6.45) is 4.60. The molecule has 1 saturated heterocycles. The van der Waals surface area contributed by atoms with Crippen LogP contribution in [0.5, 0.6) is 0 Å². The summed E-state index contributed by atoms with van der Waals surface area (Å²) in [5.74, 6) is 0.549. The van der Waals surface area contributed by atoms with Gasteiger partial charge in [-0.2, -0.15) is 0 Å². The van der Waals surface area contributed by atoms with Crippen LogP contribution in [-0.2, 0) is 11.2 Å². The number of hydrogen-bond donors (Lipinski definition) is 1. The molecule has 0 spiro atoms. The highest BCUT2D eigenvalue weighted by molar-refractivity contribution is 6.35. The first-order valence-electron chi connectivity index (χ1n) is 9.04. The molecule has 1 aromatic carbocycles. The van der Waals surface area contributed by atoms with Gasteiger partial charge in [0.05, 0.1) is 6.26 Å². The van der Waals surface area contributed by atoms with E-state index in [2.05, 4.69) is 5.32 Å². The lowest BCUT2D eigenvalue weighted by Crippen LogP contribution is -2.48. The molecule has 2 unspecified atom stereocenters. The van der Waals surface area contributed by atoms with E-state index < -0.39 is 6.04 Å². The van der Waals surface area contributed by atoms with Crippen LogP contribution in [0.1, 0.15) is 42.3 Å². The van der Waals surface area contributed by atoms with Gasteiger partial charge in [0.1, 0.15) is 11.8 Å². The van der Waals surface area contributed by atoms with Gasteiger partial charge in [-0.1, -0.05) is 23.2 Å². The average molecular weight is 409 g/mol. The number of furan rings is 1. The van der Waals surface area contributed by atoms with Crippen LogP contribution in [0.2, 0.25) is 10.0 Å². The number of hydrogen-bond acceptors (Lipinski definition) is 3. The number of aryl methyl sites for hydroxylation is 1. The lowest BCUT2D eigenvalue weighted by molar-refractivity contribution is -0.125. The standard InChI is InChI=1S/C20H22Cl2N2O3/c1-13(6-7-17-4-3-9-27-17)23-19(25)18-5-2-8-24(18)20(26)14-10-15(21)12-16(22)11-14/h3-4,9-13,18H,2,5-8H2,1H3,(H,23,25). The van der Waals surface area contributed by atoms with Crippen LogP contribution in [0, 0.1) is 0 Å². The summed E-state index contributed by atoms with van der Waals surface area (Å²) in [6, 6.07) is 8.02. The molecule has 5 nitrogen and oxygen atoms in total. The van der Waals surface area contributed by atoms with Gasteiger partial charge in [0.2, 0.25) is 5.91 Å². The molecule has 0 radical (unpaired) electrons. The molecular formula is C20H22Cl2N2O3. The fourth-order valence-electron chi connectivity index (χ4n) is 3.35. The Morgan fingerprint density at radius 3 is 2.70 bits per heavy atom. The molecule has 0 aliphatic carbocycles. The molecule has 3 rings (SSSR count). The summed E-state index contributed by atoms with van der Waals surface area (Å²) in [4.78, 5) is 27.2. The maximum absolute atomic E-state index is 12.8. The molecule has 1 fully saturated rings. The van der Waals surface area contributed by atoms with Crippen LogP contribution in [-0.4, -0.2) is 35.3 Å². The number of halogens is 2. The minimum absolute atomic E-state index is 0.0132. The van der Waals surface area contributed by atoms with Gasteiger partial charge in [0.15, 0.2) is 0 Å². The zero-order valence-corrected chi connectivity index (χ0v) is 16.6. The smallest absolute Gasteiger partial charge is 0.254 e. The van der Waals surface area contributed by atoms with Crippen LogP contribution >= 0.6 is 23.2 Å². The second kappa shape index (κ2) is 8.81. The summed E-state index contributed by atoms with van der Waals surface area (Å²) in [7, 11) is 0. The van der Waals surface area contributed by atoms with E-state index in [0.717, 1.165) is 25.0 Å². The fourth-order valence-corrected chi connectivity index (χ4v) is 3.88. The van der Waals surface area contributed by atoms with Crippen molar-refractivity contribution in [3.05, 3.63) is 58.0 Å². The summed E-state index contributed by atoms with van der Waals surface area (Å²) in [5, 5.41) is 3.82. The number of carbonyl (C=O) groups excluding carboxylic acids is 2. The molecule has 0 saturated carbocycles. The molecule has 7 heteroatoms. The summed E-state index contributed by atoms with van der Waals surface area (Å²) in [5.41, 5.74) is 0.401. The summed E-state index contributed by atoms with van der Waals surface area (Å²) < 4.78 is 5.32. The lowest BCUT2D eigenvalue weighted by Gasteiger charge is -2.25. The molecule has 0 bridgehead atoms. The van der Waals surface area contributed by atoms with Crippen molar-refractivity contribution in [1.82, 2.24) is 10.2 Å². The monoisotopic (exact) mass is 408 g/mol. The third kappa shape index (κ3) is 5.05. The quantitative estimate of drug-likeness (QED) is 0.773. The van der Waals surface area contributed by atoms with Crippen LogP contribution < -0.4 is 5.32 Å². The van der Waals surface area contributed by atoms with E-state index in [1.165, 1.54) is 0 Å². The zero-order valence-electron chi connectivity index (χ0n) is 15.1. The van der Waals surface area contributed by atoms with Crippen molar-refractivity contribution < 1.29 is 14.0 Å². The molecule has 2 heterocycles. The van der Waals surface area contributed by atoms with Crippen molar-refractivity contribution >= 4 is 35.0 Å². The molecule has 2 aromatic rings. The first kappa shape index (κ1) is 19.8. The van der Waals surface area contributed by atoms with Crippen molar-refractivity contribution in [2.75, 3.05) is 6.54 Å². The average Bonchev–Trinajstić information content (AvgIpc) is 3.30. The Bertz CT molecular complexity index is 787. The Morgan fingerprint density at radius 2 is 2.04 bits per heavy atom. The number of amides is 2. The predicted molar refractivity (Wildman–Crippen MR) is 105 cm³/mol. The number of rotatable bonds is 6. The van der Waals surface area contributed by atoms with E-state index in [-0.39, 0.29) is 17.9 Å². The minimum Gasteiger partial charge on any atom is -0.469 e. The highest BCUT2D eigenvalue weighted by Crippen LogP contribution is 2.24. The highest BCUT2D eigenvalue weighted by Gasteiger charge is 2.35. The van der Waals surface area contributed by atoms with E-state index in [9.17, 15) is 9.59 Å². The number of carbonyl (C=O) groups is 2. The van der Waals surface area contributed by atoms with Crippen LogP contribution in [0.3, 0.4) is 0 Å². The third-order valence-corrected chi connectivity index (χ3v) is 5.15. The number of nitrogens with zero attached hydrogens (tertiary/aromatic N) is 1. The summed E-state index contributed by atoms with van der Waals surface area (Å²) >= 11 is 12.0. The molecular weight excluding hydrogens is 387 g/mol. The third-order valence-electron chi connectivity index (χ3n) is 4.72. The van der Waals surface area contributed by atoms with Crippen molar-refractivity contribution in [2.45, 2.75) is 44.7 Å². The molecule has 2 amide bonds. The lowest BCUT2D eigenvalue weighted by atomic mass is 10.1. The first-order chi connectivity index (χ1) is 12.9. The second-order valence-electron chi connectivity index (χ2n) is 6.84. The zero-order chi connectivity index (χ0) is 19.4. The van der Waals surface area contributed by atoms with Crippen molar-refractivity contribution in [2.24, 2.45) is 0 Å². The van der Waals surface area contributed by atoms with Crippen LogP contribution in [0.4, 0.5) is 0 Å². The van der Waals surface area contributed by atoms with Gasteiger partial charge >= 0.3 is 0 Å².